The lowest BCUT2D eigenvalue weighted by molar-refractivity contribution is 0.0785. The van der Waals surface area contributed by atoms with Gasteiger partial charge in [-0.2, -0.15) is 0 Å². The lowest BCUT2D eigenvalue weighted by atomic mass is 10.2. The normalized spacial score (nSPS) is 9.86. The van der Waals surface area contributed by atoms with E-state index in [9.17, 15) is 9.18 Å². The number of rotatable bonds is 3. The molecule has 0 aliphatic heterocycles. The third-order valence-corrected chi connectivity index (χ3v) is 3.72. The Morgan fingerprint density at radius 1 is 1.38 bits per heavy atom. The van der Waals surface area contributed by atoms with Crippen molar-refractivity contribution in [3.63, 3.8) is 0 Å². The molecule has 0 fully saturated rings. The van der Waals surface area contributed by atoms with E-state index in [0.717, 1.165) is 10.4 Å². The van der Waals surface area contributed by atoms with Crippen molar-refractivity contribution in [3.05, 3.63) is 57.5 Å². The summed E-state index contributed by atoms with van der Waals surface area (Å²) in [6.45, 7) is 0.813. The number of hydrogen-bond donors (Lipinski definition) is 1. The van der Waals surface area contributed by atoms with Crippen LogP contribution in [0.25, 0.3) is 0 Å². The Bertz CT molecular complexity index is 682. The molecule has 0 unspecified atom stereocenters. The topological polar surface area (TPSA) is 46.3 Å². The molecule has 0 aliphatic rings. The number of carbonyl (C=O) groups excluding carboxylic acids is 1. The van der Waals surface area contributed by atoms with E-state index in [0.29, 0.717) is 18.7 Å². The van der Waals surface area contributed by atoms with Crippen LogP contribution in [0.3, 0.4) is 0 Å². The predicted molar refractivity (Wildman–Crippen MR) is 82.4 cm³/mol. The highest BCUT2D eigenvalue weighted by molar-refractivity contribution is 7.10. The van der Waals surface area contributed by atoms with Gasteiger partial charge in [0.15, 0.2) is 0 Å². The summed E-state index contributed by atoms with van der Waals surface area (Å²) in [5, 5.41) is 1.97. The van der Waals surface area contributed by atoms with Crippen molar-refractivity contribution in [1.29, 1.82) is 0 Å². The van der Waals surface area contributed by atoms with Crippen LogP contribution < -0.4 is 5.73 Å². The van der Waals surface area contributed by atoms with Crippen LogP contribution in [0.4, 0.5) is 4.39 Å². The van der Waals surface area contributed by atoms with E-state index in [1.54, 1.807) is 11.9 Å². The maximum atomic E-state index is 12.9. The van der Waals surface area contributed by atoms with Crippen LogP contribution in [0.1, 0.15) is 20.8 Å². The van der Waals surface area contributed by atoms with Gasteiger partial charge in [0.2, 0.25) is 0 Å². The van der Waals surface area contributed by atoms with Crippen molar-refractivity contribution in [2.75, 3.05) is 13.6 Å². The van der Waals surface area contributed by atoms with E-state index in [2.05, 4.69) is 11.8 Å². The molecule has 0 bridgehead atoms. The van der Waals surface area contributed by atoms with E-state index in [1.807, 2.05) is 11.4 Å². The molecule has 2 rings (SSSR count). The first kappa shape index (κ1) is 15.2. The first-order chi connectivity index (χ1) is 10.1. The van der Waals surface area contributed by atoms with Crippen LogP contribution in [0, 0.1) is 17.7 Å². The molecule has 0 aliphatic carbocycles. The van der Waals surface area contributed by atoms with Gasteiger partial charge in [-0.1, -0.05) is 11.8 Å². The molecule has 2 aromatic rings. The van der Waals surface area contributed by atoms with Crippen LogP contribution in [0.2, 0.25) is 0 Å². The average Bonchev–Trinajstić information content (AvgIpc) is 2.92. The Morgan fingerprint density at radius 3 is 2.76 bits per heavy atom. The molecule has 0 saturated heterocycles. The molecule has 3 nitrogen and oxygen atoms in total. The number of hydrogen-bond acceptors (Lipinski definition) is 3. The van der Waals surface area contributed by atoms with Gasteiger partial charge in [-0.3, -0.25) is 4.79 Å². The molecule has 1 aromatic carbocycles. The third kappa shape index (κ3) is 4.15. The highest BCUT2D eigenvalue weighted by atomic mass is 32.1. The van der Waals surface area contributed by atoms with Gasteiger partial charge in [-0.25, -0.2) is 4.39 Å². The third-order valence-electron chi connectivity index (χ3n) is 2.83. The summed E-state index contributed by atoms with van der Waals surface area (Å²) in [5.74, 6) is 5.27. The molecule has 2 N–H and O–H groups in total. The number of amides is 1. The quantitative estimate of drug-likeness (QED) is 0.885. The van der Waals surface area contributed by atoms with Gasteiger partial charge in [0.05, 0.1) is 11.4 Å². The second-order valence-corrected chi connectivity index (χ2v) is 5.40. The summed E-state index contributed by atoms with van der Waals surface area (Å²) >= 11 is 1.52. The van der Waals surface area contributed by atoms with E-state index in [4.69, 9.17) is 5.73 Å². The molecule has 0 saturated carbocycles. The highest BCUT2D eigenvalue weighted by Crippen LogP contribution is 2.16. The summed E-state index contributed by atoms with van der Waals surface area (Å²) in [5.41, 5.74) is 6.81. The first-order valence-electron chi connectivity index (χ1n) is 6.37. The minimum Gasteiger partial charge on any atom is -0.337 e. The van der Waals surface area contributed by atoms with Gasteiger partial charge >= 0.3 is 0 Å². The number of nitrogens with zero attached hydrogens (tertiary/aromatic N) is 1. The molecule has 0 atom stereocenters. The first-order valence-corrected chi connectivity index (χ1v) is 7.25. The Labute approximate surface area is 127 Å². The summed E-state index contributed by atoms with van der Waals surface area (Å²) in [6, 6.07) is 7.49. The minimum absolute atomic E-state index is 0.143. The summed E-state index contributed by atoms with van der Waals surface area (Å²) in [6.07, 6.45) is 0. The predicted octanol–water partition coefficient (Wildman–Crippen LogP) is 2.47. The molecular formula is C16H15FN2OS. The number of carbonyl (C=O) groups is 1. The Hall–Kier alpha value is -2.16. The number of nitrogens with two attached hydrogens (primary N) is 1. The zero-order valence-corrected chi connectivity index (χ0v) is 12.4. The van der Waals surface area contributed by atoms with Crippen molar-refractivity contribution < 1.29 is 9.18 Å². The van der Waals surface area contributed by atoms with Gasteiger partial charge < -0.3 is 10.6 Å². The number of halogens is 1. The van der Waals surface area contributed by atoms with E-state index in [-0.39, 0.29) is 11.7 Å². The molecule has 1 heterocycles. The monoisotopic (exact) mass is 302 g/mol. The second kappa shape index (κ2) is 7.02. The lowest BCUT2D eigenvalue weighted by Crippen LogP contribution is -2.25. The van der Waals surface area contributed by atoms with Gasteiger partial charge in [0.1, 0.15) is 5.82 Å². The van der Waals surface area contributed by atoms with Crippen molar-refractivity contribution in [1.82, 2.24) is 4.90 Å². The smallest absolute Gasteiger partial charge is 0.253 e. The van der Waals surface area contributed by atoms with Crippen LogP contribution in [-0.4, -0.2) is 24.4 Å². The minimum atomic E-state index is -0.352. The zero-order valence-electron chi connectivity index (χ0n) is 11.6. The van der Waals surface area contributed by atoms with Crippen molar-refractivity contribution in [2.24, 2.45) is 5.73 Å². The largest absolute Gasteiger partial charge is 0.337 e. The number of benzene rings is 1. The van der Waals surface area contributed by atoms with E-state index >= 15 is 0 Å². The summed E-state index contributed by atoms with van der Waals surface area (Å²) < 4.78 is 12.9. The second-order valence-electron chi connectivity index (χ2n) is 4.49. The molecule has 0 spiro atoms. The molecular weight excluding hydrogens is 287 g/mol. The van der Waals surface area contributed by atoms with Gasteiger partial charge in [-0.15, -0.1) is 11.3 Å². The van der Waals surface area contributed by atoms with Crippen LogP contribution in [0.15, 0.2) is 35.7 Å². The van der Waals surface area contributed by atoms with Crippen LogP contribution in [0.5, 0.6) is 0 Å². The van der Waals surface area contributed by atoms with E-state index < -0.39 is 0 Å². The van der Waals surface area contributed by atoms with Gasteiger partial charge in [0, 0.05) is 19.2 Å². The maximum absolute atomic E-state index is 12.9. The van der Waals surface area contributed by atoms with Crippen molar-refractivity contribution >= 4 is 17.2 Å². The fourth-order valence-corrected chi connectivity index (χ4v) is 2.59. The molecule has 5 heteroatoms. The Kier molecular flexibility index (Phi) is 5.09. The average molecular weight is 302 g/mol. The Morgan fingerprint density at radius 2 is 2.10 bits per heavy atom. The van der Waals surface area contributed by atoms with Crippen molar-refractivity contribution in [2.45, 2.75) is 6.54 Å². The molecule has 21 heavy (non-hydrogen) atoms. The fraction of sp³-hybridized carbons (Fsp3) is 0.188. The van der Waals surface area contributed by atoms with Crippen molar-refractivity contribution in [3.8, 4) is 11.8 Å². The molecule has 0 radical (unpaired) electrons. The lowest BCUT2D eigenvalue weighted by Gasteiger charge is -2.16. The maximum Gasteiger partial charge on any atom is 0.253 e. The van der Waals surface area contributed by atoms with Gasteiger partial charge in [0.25, 0.3) is 5.91 Å². The van der Waals surface area contributed by atoms with Crippen LogP contribution >= 0.6 is 11.3 Å². The van der Waals surface area contributed by atoms with Crippen LogP contribution in [-0.2, 0) is 6.54 Å². The van der Waals surface area contributed by atoms with E-state index in [1.165, 1.54) is 35.6 Å². The standard InChI is InChI=1S/C16H15FN2OS/c1-19(16(20)13-4-6-14(17)7-5-13)10-12-9-15(21-11-12)3-2-8-18/h4-7,9,11H,8,10,18H2,1H3. The Balaban J connectivity index is 2.03. The fourth-order valence-electron chi connectivity index (χ4n) is 1.82. The molecule has 1 aromatic heterocycles. The summed E-state index contributed by atoms with van der Waals surface area (Å²) in [4.78, 5) is 14.7. The summed E-state index contributed by atoms with van der Waals surface area (Å²) in [7, 11) is 1.72. The van der Waals surface area contributed by atoms with Gasteiger partial charge in [-0.05, 0) is 41.3 Å². The molecule has 1 amide bonds. The zero-order chi connectivity index (χ0) is 15.2. The number of thiophene rings is 1. The highest BCUT2D eigenvalue weighted by Gasteiger charge is 2.12. The SMILES string of the molecule is CN(Cc1csc(C#CCN)c1)C(=O)c1ccc(F)cc1. The molecule has 108 valence electrons.